The van der Waals surface area contributed by atoms with Gasteiger partial charge >= 0.3 is 0 Å². The van der Waals surface area contributed by atoms with Crippen LogP contribution in [0.4, 0.5) is 0 Å². The van der Waals surface area contributed by atoms with Gasteiger partial charge in [-0.3, -0.25) is 4.99 Å². The first-order valence-electron chi connectivity index (χ1n) is 4.39. The molecule has 3 nitrogen and oxygen atoms in total. The van der Waals surface area contributed by atoms with E-state index in [1.807, 2.05) is 0 Å². The van der Waals surface area contributed by atoms with E-state index >= 15 is 0 Å². The topological polar surface area (TPSA) is 41.6 Å². The van der Waals surface area contributed by atoms with Crippen LogP contribution in [-0.2, 0) is 0 Å². The molecule has 0 unspecified atom stereocenters. The van der Waals surface area contributed by atoms with E-state index in [0.29, 0.717) is 0 Å². The molecule has 0 aromatic carbocycles. The van der Waals surface area contributed by atoms with Crippen LogP contribution in [0.3, 0.4) is 0 Å². The predicted octanol–water partition coefficient (Wildman–Crippen LogP) is 0.807. The fourth-order valence-corrected chi connectivity index (χ4v) is 1.27. The second-order valence-electron chi connectivity index (χ2n) is 2.93. The number of rotatable bonds is 2. The van der Waals surface area contributed by atoms with Crippen molar-refractivity contribution in [1.82, 2.24) is 4.90 Å². The van der Waals surface area contributed by atoms with Crippen LogP contribution in [0.5, 0.6) is 0 Å². The standard InChI is InChI=1S/C8H17N3/c1-2-5-10-8(9)11-6-3-4-7-11/h2-7H2,1H3,(H2,9,10). The third-order valence-electron chi connectivity index (χ3n) is 1.93. The first kappa shape index (κ1) is 8.37. The van der Waals surface area contributed by atoms with Gasteiger partial charge in [0.2, 0.25) is 0 Å². The summed E-state index contributed by atoms with van der Waals surface area (Å²) in [6.45, 7) is 5.17. The molecule has 0 saturated carbocycles. The van der Waals surface area contributed by atoms with E-state index in [0.717, 1.165) is 32.0 Å². The van der Waals surface area contributed by atoms with Crippen molar-refractivity contribution in [3.63, 3.8) is 0 Å². The molecule has 0 bridgehead atoms. The van der Waals surface area contributed by atoms with E-state index in [1.54, 1.807) is 0 Å². The van der Waals surface area contributed by atoms with Crippen molar-refractivity contribution in [2.45, 2.75) is 26.2 Å². The largest absolute Gasteiger partial charge is 0.370 e. The fourth-order valence-electron chi connectivity index (χ4n) is 1.27. The molecule has 1 aliphatic rings. The summed E-state index contributed by atoms with van der Waals surface area (Å²) in [5.41, 5.74) is 5.74. The Kier molecular flexibility index (Phi) is 3.20. The molecule has 0 atom stereocenters. The molecule has 1 aliphatic heterocycles. The molecule has 11 heavy (non-hydrogen) atoms. The zero-order valence-electron chi connectivity index (χ0n) is 7.21. The van der Waals surface area contributed by atoms with Crippen molar-refractivity contribution < 1.29 is 0 Å². The second-order valence-corrected chi connectivity index (χ2v) is 2.93. The molecule has 0 radical (unpaired) electrons. The molecule has 0 aliphatic carbocycles. The first-order valence-corrected chi connectivity index (χ1v) is 4.39. The van der Waals surface area contributed by atoms with Gasteiger partial charge in [-0.15, -0.1) is 0 Å². The van der Waals surface area contributed by atoms with E-state index in [-0.39, 0.29) is 0 Å². The highest BCUT2D eigenvalue weighted by atomic mass is 15.3. The van der Waals surface area contributed by atoms with Gasteiger partial charge in [0, 0.05) is 19.6 Å². The highest BCUT2D eigenvalue weighted by molar-refractivity contribution is 5.78. The van der Waals surface area contributed by atoms with Crippen molar-refractivity contribution in [3.05, 3.63) is 0 Å². The van der Waals surface area contributed by atoms with Gasteiger partial charge in [0.05, 0.1) is 0 Å². The molecule has 1 heterocycles. The molecular formula is C8H17N3. The number of aliphatic imine (C=N–C) groups is 1. The Morgan fingerprint density at radius 3 is 2.64 bits per heavy atom. The summed E-state index contributed by atoms with van der Waals surface area (Å²) in [7, 11) is 0. The minimum absolute atomic E-state index is 0.740. The van der Waals surface area contributed by atoms with Crippen LogP contribution in [0.15, 0.2) is 4.99 Å². The number of hydrogen-bond acceptors (Lipinski definition) is 1. The smallest absolute Gasteiger partial charge is 0.191 e. The Hall–Kier alpha value is -0.730. The van der Waals surface area contributed by atoms with E-state index in [9.17, 15) is 0 Å². The van der Waals surface area contributed by atoms with Gasteiger partial charge in [0.25, 0.3) is 0 Å². The molecule has 1 rings (SSSR count). The lowest BCUT2D eigenvalue weighted by Crippen LogP contribution is -2.34. The van der Waals surface area contributed by atoms with Crippen LogP contribution in [-0.4, -0.2) is 30.5 Å². The summed E-state index contributed by atoms with van der Waals surface area (Å²) in [5.74, 6) is 0.740. The molecule has 0 aromatic heterocycles. The highest BCUT2D eigenvalue weighted by Crippen LogP contribution is 2.05. The van der Waals surface area contributed by atoms with Crippen molar-refractivity contribution in [1.29, 1.82) is 0 Å². The molecular weight excluding hydrogens is 138 g/mol. The number of guanidine groups is 1. The molecule has 0 amide bonds. The van der Waals surface area contributed by atoms with E-state index in [1.165, 1.54) is 12.8 Å². The first-order chi connectivity index (χ1) is 5.34. The minimum Gasteiger partial charge on any atom is -0.370 e. The lowest BCUT2D eigenvalue weighted by Gasteiger charge is -2.15. The van der Waals surface area contributed by atoms with Crippen LogP contribution in [0.2, 0.25) is 0 Å². The minimum atomic E-state index is 0.740. The molecule has 64 valence electrons. The summed E-state index contributed by atoms with van der Waals surface area (Å²) in [6, 6.07) is 0. The zero-order chi connectivity index (χ0) is 8.10. The number of hydrogen-bond donors (Lipinski definition) is 1. The Morgan fingerprint density at radius 1 is 1.45 bits per heavy atom. The van der Waals surface area contributed by atoms with Crippen LogP contribution < -0.4 is 5.73 Å². The maximum absolute atomic E-state index is 5.74. The normalized spacial score (nSPS) is 19.4. The van der Waals surface area contributed by atoms with Crippen molar-refractivity contribution in [2.75, 3.05) is 19.6 Å². The van der Waals surface area contributed by atoms with Crippen LogP contribution >= 0.6 is 0 Å². The molecule has 1 fully saturated rings. The van der Waals surface area contributed by atoms with Crippen LogP contribution in [0.25, 0.3) is 0 Å². The Bertz CT molecular complexity index is 136. The average Bonchev–Trinajstić information content (AvgIpc) is 2.52. The van der Waals surface area contributed by atoms with Gasteiger partial charge in [-0.2, -0.15) is 0 Å². The van der Waals surface area contributed by atoms with E-state index < -0.39 is 0 Å². The van der Waals surface area contributed by atoms with Gasteiger partial charge in [-0.05, 0) is 19.3 Å². The van der Waals surface area contributed by atoms with E-state index in [4.69, 9.17) is 5.73 Å². The fraction of sp³-hybridized carbons (Fsp3) is 0.875. The summed E-state index contributed by atoms with van der Waals surface area (Å²) >= 11 is 0. The zero-order valence-corrected chi connectivity index (χ0v) is 7.21. The SMILES string of the molecule is CCCN=C(N)N1CCCC1. The summed E-state index contributed by atoms with van der Waals surface area (Å²) in [4.78, 5) is 6.41. The third-order valence-corrected chi connectivity index (χ3v) is 1.93. The molecule has 0 aromatic rings. The Balaban J connectivity index is 2.32. The molecule has 1 saturated heterocycles. The molecule has 2 N–H and O–H groups in total. The maximum atomic E-state index is 5.74. The lowest BCUT2D eigenvalue weighted by atomic mass is 10.4. The summed E-state index contributed by atoms with van der Waals surface area (Å²) in [6.07, 6.45) is 3.61. The monoisotopic (exact) mass is 155 g/mol. The Labute approximate surface area is 68.3 Å². The van der Waals surface area contributed by atoms with Crippen LogP contribution in [0.1, 0.15) is 26.2 Å². The number of nitrogens with zero attached hydrogens (tertiary/aromatic N) is 2. The summed E-state index contributed by atoms with van der Waals surface area (Å²) in [5, 5.41) is 0. The second kappa shape index (κ2) is 4.21. The maximum Gasteiger partial charge on any atom is 0.191 e. The Morgan fingerprint density at radius 2 is 2.09 bits per heavy atom. The predicted molar refractivity (Wildman–Crippen MR) is 47.6 cm³/mol. The molecule has 3 heteroatoms. The lowest BCUT2D eigenvalue weighted by molar-refractivity contribution is 0.510. The van der Waals surface area contributed by atoms with E-state index in [2.05, 4.69) is 16.8 Å². The van der Waals surface area contributed by atoms with Gasteiger partial charge < -0.3 is 10.6 Å². The summed E-state index contributed by atoms with van der Waals surface area (Å²) < 4.78 is 0. The third kappa shape index (κ3) is 2.41. The highest BCUT2D eigenvalue weighted by Gasteiger charge is 2.12. The van der Waals surface area contributed by atoms with Crippen molar-refractivity contribution >= 4 is 5.96 Å². The van der Waals surface area contributed by atoms with Crippen LogP contribution in [0, 0.1) is 0 Å². The van der Waals surface area contributed by atoms with Gasteiger partial charge in [-0.1, -0.05) is 6.92 Å². The number of nitrogens with two attached hydrogens (primary N) is 1. The quantitative estimate of drug-likeness (QED) is 0.473. The molecule has 0 spiro atoms. The van der Waals surface area contributed by atoms with Gasteiger partial charge in [0.15, 0.2) is 5.96 Å². The average molecular weight is 155 g/mol. The van der Waals surface area contributed by atoms with Crippen molar-refractivity contribution in [2.24, 2.45) is 10.7 Å². The number of likely N-dealkylation sites (tertiary alicyclic amines) is 1. The van der Waals surface area contributed by atoms with Crippen molar-refractivity contribution in [3.8, 4) is 0 Å². The van der Waals surface area contributed by atoms with Gasteiger partial charge in [-0.25, -0.2) is 0 Å². The van der Waals surface area contributed by atoms with Gasteiger partial charge in [0.1, 0.15) is 0 Å².